The molecule has 0 saturated carbocycles. The third kappa shape index (κ3) is 2.73. The average Bonchev–Trinajstić information content (AvgIpc) is 2.67. The third-order valence-corrected chi connectivity index (χ3v) is 4.13. The summed E-state index contributed by atoms with van der Waals surface area (Å²) in [5.41, 5.74) is 1.92. The van der Waals surface area contributed by atoms with Crippen LogP contribution in [0.15, 0.2) is 39.1 Å². The van der Waals surface area contributed by atoms with E-state index < -0.39 is 0 Å². The Morgan fingerprint density at radius 3 is 2.81 bits per heavy atom. The fraction of sp³-hybridized carbons (Fsp3) is 0.0833. The van der Waals surface area contributed by atoms with Crippen LogP contribution < -0.4 is 0 Å². The summed E-state index contributed by atoms with van der Waals surface area (Å²) in [6, 6.07) is 9.78. The largest absolute Gasteiger partial charge is 0.255 e. The van der Waals surface area contributed by atoms with Crippen molar-refractivity contribution in [3.63, 3.8) is 0 Å². The number of thiophene rings is 1. The fourth-order valence-electron chi connectivity index (χ4n) is 1.27. The minimum atomic E-state index is 0.752. The first kappa shape index (κ1) is 11.8. The van der Waals surface area contributed by atoms with Gasteiger partial charge in [0.05, 0.1) is 9.47 Å². The molecule has 0 N–H and O–H groups in total. The van der Waals surface area contributed by atoms with Crippen molar-refractivity contribution < 1.29 is 0 Å². The van der Waals surface area contributed by atoms with Crippen molar-refractivity contribution in [3.8, 4) is 0 Å². The molecule has 1 nitrogen and oxygen atoms in total. The molecular formula is C12H9BrClNS. The van der Waals surface area contributed by atoms with Gasteiger partial charge in [0.1, 0.15) is 0 Å². The fourth-order valence-corrected chi connectivity index (χ4v) is 2.73. The van der Waals surface area contributed by atoms with Crippen LogP contribution in [-0.2, 0) is 0 Å². The number of halogens is 2. The first-order valence-corrected chi connectivity index (χ1v) is 6.70. The Labute approximate surface area is 112 Å². The van der Waals surface area contributed by atoms with Crippen LogP contribution in [0.2, 0.25) is 5.02 Å². The summed E-state index contributed by atoms with van der Waals surface area (Å²) in [5.74, 6) is 0. The van der Waals surface area contributed by atoms with Gasteiger partial charge in [-0.15, -0.1) is 11.3 Å². The van der Waals surface area contributed by atoms with Crippen LogP contribution in [0, 0.1) is 6.92 Å². The standard InChI is InChI=1S/C12H9BrClNS/c1-8-10(14)3-2-4-11(8)15-7-9-5-6-12(13)16-9/h2-7H,1H3. The van der Waals surface area contributed by atoms with Crippen molar-refractivity contribution in [2.45, 2.75) is 6.92 Å². The highest BCUT2D eigenvalue weighted by Crippen LogP contribution is 2.26. The van der Waals surface area contributed by atoms with E-state index in [9.17, 15) is 0 Å². The van der Waals surface area contributed by atoms with E-state index in [2.05, 4.69) is 20.9 Å². The zero-order chi connectivity index (χ0) is 11.5. The molecule has 16 heavy (non-hydrogen) atoms. The summed E-state index contributed by atoms with van der Waals surface area (Å²) in [6.45, 7) is 1.97. The molecule has 0 spiro atoms. The molecule has 0 aliphatic rings. The highest BCUT2D eigenvalue weighted by atomic mass is 79.9. The van der Waals surface area contributed by atoms with Crippen LogP contribution in [-0.4, -0.2) is 6.21 Å². The molecule has 0 aliphatic heterocycles. The first-order valence-electron chi connectivity index (χ1n) is 4.71. The summed E-state index contributed by atoms with van der Waals surface area (Å²) >= 11 is 11.1. The Hall–Kier alpha value is -0.640. The summed E-state index contributed by atoms with van der Waals surface area (Å²) in [5, 5.41) is 0.752. The van der Waals surface area contributed by atoms with Gasteiger partial charge in [-0.1, -0.05) is 17.7 Å². The molecule has 1 aromatic heterocycles. The second-order valence-electron chi connectivity index (χ2n) is 3.28. The predicted octanol–water partition coefficient (Wildman–Crippen LogP) is 5.22. The quantitative estimate of drug-likeness (QED) is 0.674. The van der Waals surface area contributed by atoms with Crippen molar-refractivity contribution in [1.29, 1.82) is 0 Å². The van der Waals surface area contributed by atoms with Gasteiger partial charge in [0.2, 0.25) is 0 Å². The van der Waals surface area contributed by atoms with Crippen LogP contribution in [0.4, 0.5) is 5.69 Å². The monoisotopic (exact) mass is 313 g/mol. The highest BCUT2D eigenvalue weighted by molar-refractivity contribution is 9.11. The SMILES string of the molecule is Cc1c(Cl)cccc1N=Cc1ccc(Br)s1. The van der Waals surface area contributed by atoms with Crippen LogP contribution in [0.3, 0.4) is 0 Å². The maximum atomic E-state index is 6.02. The second kappa shape index (κ2) is 5.13. The van der Waals surface area contributed by atoms with E-state index >= 15 is 0 Å². The Bertz CT molecular complexity index is 534. The molecule has 0 radical (unpaired) electrons. The van der Waals surface area contributed by atoms with E-state index in [1.54, 1.807) is 11.3 Å². The van der Waals surface area contributed by atoms with Gasteiger partial charge >= 0.3 is 0 Å². The van der Waals surface area contributed by atoms with Gasteiger partial charge in [-0.2, -0.15) is 0 Å². The Morgan fingerprint density at radius 2 is 2.12 bits per heavy atom. The zero-order valence-corrected chi connectivity index (χ0v) is 11.7. The maximum absolute atomic E-state index is 6.02. The molecule has 0 fully saturated rings. The van der Waals surface area contributed by atoms with Gasteiger partial charge < -0.3 is 0 Å². The predicted molar refractivity (Wildman–Crippen MR) is 75.5 cm³/mol. The Morgan fingerprint density at radius 1 is 1.31 bits per heavy atom. The smallest absolute Gasteiger partial charge is 0.0705 e. The summed E-state index contributed by atoms with van der Waals surface area (Å²) in [7, 11) is 0. The summed E-state index contributed by atoms with van der Waals surface area (Å²) < 4.78 is 1.11. The number of hydrogen-bond donors (Lipinski definition) is 0. The molecule has 0 saturated heterocycles. The van der Waals surface area contributed by atoms with Crippen molar-refractivity contribution in [2.75, 3.05) is 0 Å². The van der Waals surface area contributed by atoms with E-state index in [-0.39, 0.29) is 0 Å². The second-order valence-corrected chi connectivity index (χ2v) is 6.19. The van der Waals surface area contributed by atoms with Crippen LogP contribution >= 0.6 is 38.9 Å². The van der Waals surface area contributed by atoms with Gasteiger partial charge in [-0.3, -0.25) is 4.99 Å². The van der Waals surface area contributed by atoms with Crippen molar-refractivity contribution in [1.82, 2.24) is 0 Å². The van der Waals surface area contributed by atoms with E-state index in [4.69, 9.17) is 11.6 Å². The molecule has 2 rings (SSSR count). The molecule has 1 aromatic carbocycles. The molecule has 0 aliphatic carbocycles. The topological polar surface area (TPSA) is 12.4 Å². The van der Waals surface area contributed by atoms with Gasteiger partial charge in [-0.25, -0.2) is 0 Å². The van der Waals surface area contributed by atoms with E-state index in [0.717, 1.165) is 24.9 Å². The zero-order valence-electron chi connectivity index (χ0n) is 8.58. The number of benzene rings is 1. The number of nitrogens with zero attached hydrogens (tertiary/aromatic N) is 1. The maximum Gasteiger partial charge on any atom is 0.0705 e. The number of hydrogen-bond acceptors (Lipinski definition) is 2. The van der Waals surface area contributed by atoms with Crippen LogP contribution in [0.1, 0.15) is 10.4 Å². The minimum Gasteiger partial charge on any atom is -0.255 e. The molecule has 0 atom stereocenters. The van der Waals surface area contributed by atoms with E-state index in [1.807, 2.05) is 43.5 Å². The summed E-state index contributed by atoms with van der Waals surface area (Å²) in [6.07, 6.45) is 1.86. The molecule has 0 unspecified atom stereocenters. The summed E-state index contributed by atoms with van der Waals surface area (Å²) in [4.78, 5) is 5.55. The van der Waals surface area contributed by atoms with Gasteiger partial charge in [0, 0.05) is 16.1 Å². The molecule has 0 amide bonds. The third-order valence-electron chi connectivity index (χ3n) is 2.16. The van der Waals surface area contributed by atoms with Crippen molar-refractivity contribution in [3.05, 3.63) is 49.6 Å². The molecule has 82 valence electrons. The number of rotatable bonds is 2. The van der Waals surface area contributed by atoms with Crippen LogP contribution in [0.25, 0.3) is 0 Å². The molecule has 0 bridgehead atoms. The lowest BCUT2D eigenvalue weighted by atomic mass is 10.2. The van der Waals surface area contributed by atoms with Crippen molar-refractivity contribution >= 4 is 50.8 Å². The Kier molecular flexibility index (Phi) is 3.79. The molecular weight excluding hydrogens is 306 g/mol. The Balaban J connectivity index is 2.27. The van der Waals surface area contributed by atoms with Gasteiger partial charge in [0.15, 0.2) is 0 Å². The lowest BCUT2D eigenvalue weighted by Crippen LogP contribution is -1.78. The van der Waals surface area contributed by atoms with E-state index in [0.29, 0.717) is 0 Å². The lowest BCUT2D eigenvalue weighted by molar-refractivity contribution is 1.41. The van der Waals surface area contributed by atoms with Gasteiger partial charge in [0.25, 0.3) is 0 Å². The lowest BCUT2D eigenvalue weighted by Gasteiger charge is -2.00. The molecule has 1 heterocycles. The first-order chi connectivity index (χ1) is 7.66. The van der Waals surface area contributed by atoms with Crippen molar-refractivity contribution in [2.24, 2.45) is 4.99 Å². The molecule has 2 aromatic rings. The average molecular weight is 315 g/mol. The van der Waals surface area contributed by atoms with Crippen LogP contribution in [0.5, 0.6) is 0 Å². The van der Waals surface area contributed by atoms with Gasteiger partial charge in [-0.05, 0) is 52.7 Å². The van der Waals surface area contributed by atoms with E-state index in [1.165, 1.54) is 0 Å². The molecule has 4 heteroatoms. The minimum absolute atomic E-state index is 0.752. The highest BCUT2D eigenvalue weighted by Gasteiger charge is 1.99. The number of aliphatic imine (C=N–C) groups is 1. The normalized spacial score (nSPS) is 11.2.